The Morgan fingerprint density at radius 2 is 2.04 bits per heavy atom. The molecular formula is C18H25N5O3. The largest absolute Gasteiger partial charge is 0.379 e. The summed E-state index contributed by atoms with van der Waals surface area (Å²) in [5, 5.41) is 15.1. The minimum absolute atomic E-state index is 0.00238. The van der Waals surface area contributed by atoms with Crippen molar-refractivity contribution in [1.29, 1.82) is 0 Å². The van der Waals surface area contributed by atoms with E-state index in [-0.39, 0.29) is 22.3 Å². The molecule has 1 saturated carbocycles. The van der Waals surface area contributed by atoms with Crippen molar-refractivity contribution in [1.82, 2.24) is 14.3 Å². The van der Waals surface area contributed by atoms with Gasteiger partial charge in [0, 0.05) is 30.7 Å². The van der Waals surface area contributed by atoms with Gasteiger partial charge in [-0.05, 0) is 30.8 Å². The van der Waals surface area contributed by atoms with E-state index in [2.05, 4.69) is 22.1 Å². The lowest BCUT2D eigenvalue weighted by molar-refractivity contribution is -0.389. The molecule has 1 aliphatic heterocycles. The second kappa shape index (κ2) is 6.85. The minimum atomic E-state index is -0.356. The van der Waals surface area contributed by atoms with E-state index < -0.39 is 0 Å². The zero-order chi connectivity index (χ0) is 18.1. The van der Waals surface area contributed by atoms with Crippen LogP contribution in [-0.4, -0.2) is 57.1 Å². The van der Waals surface area contributed by atoms with Crippen molar-refractivity contribution < 1.29 is 9.66 Å². The summed E-state index contributed by atoms with van der Waals surface area (Å²) < 4.78 is 7.06. The van der Waals surface area contributed by atoms with Gasteiger partial charge in [0.05, 0.1) is 19.4 Å². The number of morpholine rings is 1. The predicted molar refractivity (Wildman–Crippen MR) is 98.5 cm³/mol. The molecule has 2 aromatic heterocycles. The van der Waals surface area contributed by atoms with E-state index in [1.807, 2.05) is 6.07 Å². The molecule has 4 rings (SSSR count). The number of nitrogens with one attached hydrogen (secondary N) is 1. The van der Waals surface area contributed by atoms with Crippen LogP contribution in [-0.2, 0) is 4.74 Å². The standard InChI is InChI=1S/C18H25N5O3/c1-14(18(7-3-4-8-18)21-10-12-26-13-11-21)19-16-17(23(24)25)22-9-5-2-6-15(22)20-16/h2,5-6,9,14,19H,3-4,7-8,10-13H2,1H3/t14-/m0/s1. The molecule has 3 heterocycles. The van der Waals surface area contributed by atoms with Gasteiger partial charge in [-0.2, -0.15) is 9.38 Å². The van der Waals surface area contributed by atoms with E-state index >= 15 is 0 Å². The highest BCUT2D eigenvalue weighted by Crippen LogP contribution is 2.40. The van der Waals surface area contributed by atoms with Gasteiger partial charge < -0.3 is 20.2 Å². The molecule has 26 heavy (non-hydrogen) atoms. The first-order valence-electron chi connectivity index (χ1n) is 9.33. The number of nitro groups is 1. The fourth-order valence-corrected chi connectivity index (χ4v) is 4.61. The SMILES string of the molecule is C[C@H](Nc1nc2ccccn2c1[N+](=O)[O-])C1(N2CCOCC2)CCCC1. The molecule has 8 heteroatoms. The predicted octanol–water partition coefficient (Wildman–Crippen LogP) is 2.69. The summed E-state index contributed by atoms with van der Waals surface area (Å²) in [5.41, 5.74) is 0.591. The highest BCUT2D eigenvalue weighted by Gasteiger charge is 2.45. The maximum absolute atomic E-state index is 11.7. The molecule has 8 nitrogen and oxygen atoms in total. The zero-order valence-corrected chi connectivity index (χ0v) is 15.1. The molecule has 0 aromatic carbocycles. The zero-order valence-electron chi connectivity index (χ0n) is 15.1. The molecular weight excluding hydrogens is 334 g/mol. The molecule has 1 atom stereocenters. The molecule has 1 saturated heterocycles. The van der Waals surface area contributed by atoms with Crippen LogP contribution < -0.4 is 5.32 Å². The first-order valence-corrected chi connectivity index (χ1v) is 9.33. The van der Waals surface area contributed by atoms with Gasteiger partial charge in [-0.3, -0.25) is 4.90 Å². The van der Waals surface area contributed by atoms with E-state index in [0.29, 0.717) is 11.5 Å². The number of imidazole rings is 1. The fourth-order valence-electron chi connectivity index (χ4n) is 4.61. The van der Waals surface area contributed by atoms with Gasteiger partial charge in [-0.25, -0.2) is 0 Å². The fraction of sp³-hybridized carbons (Fsp3) is 0.611. The van der Waals surface area contributed by atoms with Crippen LogP contribution in [0.15, 0.2) is 24.4 Å². The Morgan fingerprint density at radius 3 is 2.73 bits per heavy atom. The van der Waals surface area contributed by atoms with E-state index in [4.69, 9.17) is 4.74 Å². The van der Waals surface area contributed by atoms with Crippen molar-refractivity contribution in [2.45, 2.75) is 44.2 Å². The molecule has 2 aromatic rings. The van der Waals surface area contributed by atoms with Gasteiger partial charge in [-0.1, -0.05) is 18.9 Å². The smallest absolute Gasteiger partial charge is 0.372 e. The molecule has 0 unspecified atom stereocenters. The van der Waals surface area contributed by atoms with Crippen molar-refractivity contribution in [3.63, 3.8) is 0 Å². The topological polar surface area (TPSA) is 84.9 Å². The first kappa shape index (κ1) is 17.2. The van der Waals surface area contributed by atoms with E-state index in [1.54, 1.807) is 18.3 Å². The third-order valence-corrected chi connectivity index (χ3v) is 5.95. The Hall–Kier alpha value is -2.19. The van der Waals surface area contributed by atoms with Crippen molar-refractivity contribution >= 4 is 17.3 Å². The quantitative estimate of drug-likeness (QED) is 0.653. The Bertz CT molecular complexity index is 793. The lowest BCUT2D eigenvalue weighted by Crippen LogP contribution is -2.59. The first-order chi connectivity index (χ1) is 12.6. The number of hydrogen-bond donors (Lipinski definition) is 1. The number of ether oxygens (including phenoxy) is 1. The number of pyridine rings is 1. The highest BCUT2D eigenvalue weighted by molar-refractivity contribution is 5.62. The Morgan fingerprint density at radius 1 is 1.31 bits per heavy atom. The average molecular weight is 359 g/mol. The summed E-state index contributed by atoms with van der Waals surface area (Å²) in [7, 11) is 0. The van der Waals surface area contributed by atoms with Gasteiger partial charge in [0.2, 0.25) is 11.5 Å². The van der Waals surface area contributed by atoms with Crippen LogP contribution in [0, 0.1) is 10.1 Å². The third kappa shape index (κ3) is 2.83. The number of anilines is 1. The maximum Gasteiger partial charge on any atom is 0.372 e. The van der Waals surface area contributed by atoms with Gasteiger partial charge in [-0.15, -0.1) is 0 Å². The summed E-state index contributed by atoms with van der Waals surface area (Å²) in [6.07, 6.45) is 6.27. The van der Waals surface area contributed by atoms with Crippen LogP contribution >= 0.6 is 0 Å². The number of aromatic nitrogens is 2. The molecule has 0 amide bonds. The Kier molecular flexibility index (Phi) is 4.54. The molecule has 0 bridgehead atoms. The third-order valence-electron chi connectivity index (χ3n) is 5.95. The van der Waals surface area contributed by atoms with Gasteiger partial charge in [0.1, 0.15) is 0 Å². The van der Waals surface area contributed by atoms with Crippen LogP contribution in [0.2, 0.25) is 0 Å². The Balaban J connectivity index is 1.66. The lowest BCUT2D eigenvalue weighted by atomic mass is 9.86. The summed E-state index contributed by atoms with van der Waals surface area (Å²) >= 11 is 0. The van der Waals surface area contributed by atoms with Gasteiger partial charge in [0.15, 0.2) is 0 Å². The van der Waals surface area contributed by atoms with Crippen LogP contribution in [0.3, 0.4) is 0 Å². The van der Waals surface area contributed by atoms with Crippen LogP contribution in [0.5, 0.6) is 0 Å². The maximum atomic E-state index is 11.7. The molecule has 0 spiro atoms. The van der Waals surface area contributed by atoms with Crippen molar-refractivity contribution in [2.75, 3.05) is 31.6 Å². The number of rotatable bonds is 5. The second-order valence-electron chi connectivity index (χ2n) is 7.25. The van der Waals surface area contributed by atoms with E-state index in [0.717, 1.165) is 39.1 Å². The molecule has 2 fully saturated rings. The molecule has 0 radical (unpaired) electrons. The average Bonchev–Trinajstić information content (AvgIpc) is 3.27. The molecule has 2 aliphatic rings. The lowest BCUT2D eigenvalue weighted by Gasteiger charge is -2.47. The summed E-state index contributed by atoms with van der Waals surface area (Å²) in [6.45, 7) is 5.47. The minimum Gasteiger partial charge on any atom is -0.379 e. The second-order valence-corrected chi connectivity index (χ2v) is 7.25. The summed E-state index contributed by atoms with van der Waals surface area (Å²) in [5.74, 6) is 0.357. The Labute approximate surface area is 152 Å². The number of fused-ring (bicyclic) bond motifs is 1. The molecule has 1 aliphatic carbocycles. The van der Waals surface area contributed by atoms with E-state index in [9.17, 15) is 10.1 Å². The van der Waals surface area contributed by atoms with Crippen LogP contribution in [0.4, 0.5) is 11.6 Å². The highest BCUT2D eigenvalue weighted by atomic mass is 16.6. The number of nitrogens with zero attached hydrogens (tertiary/aromatic N) is 4. The van der Waals surface area contributed by atoms with Crippen molar-refractivity contribution in [3.05, 3.63) is 34.5 Å². The van der Waals surface area contributed by atoms with Gasteiger partial charge in [0.25, 0.3) is 0 Å². The summed E-state index contributed by atoms with van der Waals surface area (Å²) in [4.78, 5) is 18.3. The van der Waals surface area contributed by atoms with Crippen molar-refractivity contribution in [2.24, 2.45) is 0 Å². The molecule has 1 N–H and O–H groups in total. The summed E-state index contributed by atoms with van der Waals surface area (Å²) in [6, 6.07) is 5.47. The normalized spacial score (nSPS) is 21.7. The molecule has 140 valence electrons. The van der Waals surface area contributed by atoms with Crippen LogP contribution in [0.25, 0.3) is 5.65 Å². The van der Waals surface area contributed by atoms with Crippen LogP contribution in [0.1, 0.15) is 32.6 Å². The van der Waals surface area contributed by atoms with E-state index in [1.165, 1.54) is 17.2 Å². The number of hydrogen-bond acceptors (Lipinski definition) is 6. The van der Waals surface area contributed by atoms with Crippen molar-refractivity contribution in [3.8, 4) is 0 Å². The van der Waals surface area contributed by atoms with Gasteiger partial charge >= 0.3 is 5.82 Å². The monoisotopic (exact) mass is 359 g/mol.